The Labute approximate surface area is 145 Å². The molecule has 3 rings (SSSR count). The Morgan fingerprint density at radius 2 is 1.96 bits per heavy atom. The van der Waals surface area contributed by atoms with Crippen LogP contribution in [0.15, 0.2) is 47.8 Å². The van der Waals surface area contributed by atoms with E-state index in [0.29, 0.717) is 11.4 Å². The Morgan fingerprint density at radius 3 is 2.67 bits per heavy atom. The molecule has 2 aromatic rings. The fraction of sp³-hybridized carbons (Fsp3) is 0.333. The van der Waals surface area contributed by atoms with Crippen LogP contribution in [0.1, 0.15) is 21.3 Å². The fourth-order valence-corrected chi connectivity index (χ4v) is 3.57. The monoisotopic (exact) mass is 343 g/mol. The predicted octanol–water partition coefficient (Wildman–Crippen LogP) is 1.99. The average molecular weight is 343 g/mol. The van der Waals surface area contributed by atoms with Crippen LogP contribution < -0.4 is 5.32 Å². The first-order chi connectivity index (χ1) is 11.6. The van der Waals surface area contributed by atoms with Gasteiger partial charge in [-0.15, -0.1) is 11.3 Å². The SMILES string of the molecule is CN1CCN(C(=O)CNC(=O)c2cccs2)C(c2ccccc2)C1. The first kappa shape index (κ1) is 16.7. The van der Waals surface area contributed by atoms with E-state index >= 15 is 0 Å². The highest BCUT2D eigenvalue weighted by atomic mass is 32.1. The molecule has 1 aromatic carbocycles. The molecule has 1 saturated heterocycles. The molecule has 1 aliphatic rings. The zero-order chi connectivity index (χ0) is 16.9. The lowest BCUT2D eigenvalue weighted by Gasteiger charge is -2.40. The van der Waals surface area contributed by atoms with Crippen LogP contribution in [0.5, 0.6) is 0 Å². The molecule has 1 unspecified atom stereocenters. The molecule has 2 amide bonds. The smallest absolute Gasteiger partial charge is 0.261 e. The summed E-state index contributed by atoms with van der Waals surface area (Å²) in [4.78, 5) is 29.4. The molecule has 1 atom stereocenters. The van der Waals surface area contributed by atoms with Crippen molar-refractivity contribution in [2.24, 2.45) is 0 Å². The predicted molar refractivity (Wildman–Crippen MR) is 95.0 cm³/mol. The number of hydrogen-bond donors (Lipinski definition) is 1. The Balaban J connectivity index is 1.66. The lowest BCUT2D eigenvalue weighted by Crippen LogP contribution is -2.51. The Morgan fingerprint density at radius 1 is 1.17 bits per heavy atom. The maximum absolute atomic E-state index is 12.7. The van der Waals surface area contributed by atoms with Crippen molar-refractivity contribution >= 4 is 23.2 Å². The van der Waals surface area contributed by atoms with Crippen molar-refractivity contribution in [1.82, 2.24) is 15.1 Å². The number of hydrogen-bond acceptors (Lipinski definition) is 4. The summed E-state index contributed by atoms with van der Waals surface area (Å²) in [6, 6.07) is 13.7. The number of benzene rings is 1. The van der Waals surface area contributed by atoms with E-state index in [2.05, 4.69) is 17.3 Å². The van der Waals surface area contributed by atoms with Crippen molar-refractivity contribution < 1.29 is 9.59 Å². The quantitative estimate of drug-likeness (QED) is 0.924. The molecule has 0 saturated carbocycles. The molecule has 0 aliphatic carbocycles. The summed E-state index contributed by atoms with van der Waals surface area (Å²) >= 11 is 1.37. The summed E-state index contributed by atoms with van der Waals surface area (Å²) in [5.41, 5.74) is 1.13. The first-order valence-corrected chi connectivity index (χ1v) is 8.88. The summed E-state index contributed by atoms with van der Waals surface area (Å²) in [5, 5.41) is 4.58. The summed E-state index contributed by atoms with van der Waals surface area (Å²) in [7, 11) is 2.07. The van der Waals surface area contributed by atoms with Crippen molar-refractivity contribution in [3.8, 4) is 0 Å². The number of thiophene rings is 1. The highest BCUT2D eigenvalue weighted by molar-refractivity contribution is 7.12. The minimum Gasteiger partial charge on any atom is -0.342 e. The third-order valence-electron chi connectivity index (χ3n) is 4.23. The van der Waals surface area contributed by atoms with Gasteiger partial charge in [0.25, 0.3) is 5.91 Å². The van der Waals surface area contributed by atoms with E-state index in [-0.39, 0.29) is 24.4 Å². The second kappa shape index (κ2) is 7.59. The van der Waals surface area contributed by atoms with Crippen LogP contribution in [-0.4, -0.2) is 54.8 Å². The van der Waals surface area contributed by atoms with Gasteiger partial charge in [0.1, 0.15) is 0 Å². The van der Waals surface area contributed by atoms with Crippen LogP contribution >= 0.6 is 11.3 Å². The average Bonchev–Trinajstić information content (AvgIpc) is 3.15. The molecular formula is C18H21N3O2S. The Bertz CT molecular complexity index is 688. The number of piperazine rings is 1. The maximum atomic E-state index is 12.7. The Hall–Kier alpha value is -2.18. The van der Waals surface area contributed by atoms with Crippen LogP contribution in [0, 0.1) is 0 Å². The molecule has 1 aromatic heterocycles. The molecule has 126 valence electrons. The normalized spacial score (nSPS) is 18.4. The van der Waals surface area contributed by atoms with Crippen molar-refractivity contribution in [1.29, 1.82) is 0 Å². The number of carbonyl (C=O) groups is 2. The van der Waals surface area contributed by atoms with Crippen LogP contribution in [0.4, 0.5) is 0 Å². The molecule has 0 spiro atoms. The van der Waals surface area contributed by atoms with E-state index in [4.69, 9.17) is 0 Å². The minimum absolute atomic E-state index is 0.0242. The van der Waals surface area contributed by atoms with Gasteiger partial charge in [-0.3, -0.25) is 9.59 Å². The van der Waals surface area contributed by atoms with E-state index in [9.17, 15) is 9.59 Å². The van der Waals surface area contributed by atoms with E-state index in [0.717, 1.165) is 18.7 Å². The highest BCUT2D eigenvalue weighted by Crippen LogP contribution is 2.24. The molecule has 1 aliphatic heterocycles. The lowest BCUT2D eigenvalue weighted by atomic mass is 10.0. The second-order valence-electron chi connectivity index (χ2n) is 5.94. The molecule has 0 radical (unpaired) electrons. The summed E-state index contributed by atoms with van der Waals surface area (Å²) in [6.45, 7) is 2.34. The molecule has 5 nitrogen and oxygen atoms in total. The van der Waals surface area contributed by atoms with Gasteiger partial charge < -0.3 is 15.1 Å². The van der Waals surface area contributed by atoms with Crippen molar-refractivity contribution in [3.05, 3.63) is 58.3 Å². The van der Waals surface area contributed by atoms with Gasteiger partial charge in [-0.2, -0.15) is 0 Å². The third-order valence-corrected chi connectivity index (χ3v) is 5.10. The number of amides is 2. The van der Waals surface area contributed by atoms with Gasteiger partial charge in [-0.25, -0.2) is 0 Å². The summed E-state index contributed by atoms with van der Waals surface area (Å²) < 4.78 is 0. The molecule has 24 heavy (non-hydrogen) atoms. The van der Waals surface area contributed by atoms with Crippen molar-refractivity contribution in [2.75, 3.05) is 33.2 Å². The third kappa shape index (κ3) is 3.83. The first-order valence-electron chi connectivity index (χ1n) is 8.00. The summed E-state index contributed by atoms with van der Waals surface area (Å²) in [5.74, 6) is -0.231. The van der Waals surface area contributed by atoms with Crippen LogP contribution in [0.2, 0.25) is 0 Å². The van der Waals surface area contributed by atoms with Gasteiger partial charge in [0.2, 0.25) is 5.91 Å². The molecular weight excluding hydrogens is 322 g/mol. The molecule has 6 heteroatoms. The Kier molecular flexibility index (Phi) is 5.27. The van der Waals surface area contributed by atoms with E-state index in [1.54, 1.807) is 6.07 Å². The van der Waals surface area contributed by atoms with E-state index < -0.39 is 0 Å². The zero-order valence-electron chi connectivity index (χ0n) is 13.6. The maximum Gasteiger partial charge on any atom is 0.261 e. The molecule has 2 heterocycles. The number of likely N-dealkylation sites (N-methyl/N-ethyl adjacent to an activating group) is 1. The largest absolute Gasteiger partial charge is 0.342 e. The van der Waals surface area contributed by atoms with Crippen molar-refractivity contribution in [3.63, 3.8) is 0 Å². The topological polar surface area (TPSA) is 52.6 Å². The molecule has 0 bridgehead atoms. The van der Waals surface area contributed by atoms with Crippen LogP contribution in [0.25, 0.3) is 0 Å². The number of rotatable bonds is 4. The minimum atomic E-state index is -0.191. The van der Waals surface area contributed by atoms with Crippen LogP contribution in [0.3, 0.4) is 0 Å². The molecule has 1 N–H and O–H groups in total. The van der Waals surface area contributed by atoms with Crippen LogP contribution in [-0.2, 0) is 4.79 Å². The van der Waals surface area contributed by atoms with Gasteiger partial charge in [-0.05, 0) is 24.1 Å². The van der Waals surface area contributed by atoms with Gasteiger partial charge in [0, 0.05) is 19.6 Å². The van der Waals surface area contributed by atoms with Gasteiger partial charge in [-0.1, -0.05) is 36.4 Å². The zero-order valence-corrected chi connectivity index (χ0v) is 14.5. The molecule has 1 fully saturated rings. The van der Waals surface area contributed by atoms with E-state index in [1.165, 1.54) is 11.3 Å². The number of nitrogens with zero attached hydrogens (tertiary/aromatic N) is 2. The highest BCUT2D eigenvalue weighted by Gasteiger charge is 2.30. The van der Waals surface area contributed by atoms with Gasteiger partial charge in [0.15, 0.2) is 0 Å². The number of carbonyl (C=O) groups excluding carboxylic acids is 2. The van der Waals surface area contributed by atoms with Gasteiger partial charge in [0.05, 0.1) is 17.5 Å². The standard InChI is InChI=1S/C18H21N3O2S/c1-20-9-10-21(15(13-20)14-6-3-2-4-7-14)17(22)12-19-18(23)16-8-5-11-24-16/h2-8,11,15H,9-10,12-13H2,1H3,(H,19,23). The van der Waals surface area contributed by atoms with Gasteiger partial charge >= 0.3 is 0 Å². The lowest BCUT2D eigenvalue weighted by molar-refractivity contribution is -0.135. The number of nitrogens with one attached hydrogen (secondary N) is 1. The van der Waals surface area contributed by atoms with E-state index in [1.807, 2.05) is 46.7 Å². The fourth-order valence-electron chi connectivity index (χ4n) is 2.93. The van der Waals surface area contributed by atoms with Crippen molar-refractivity contribution in [2.45, 2.75) is 6.04 Å². The second-order valence-corrected chi connectivity index (χ2v) is 6.88. The summed E-state index contributed by atoms with van der Waals surface area (Å²) in [6.07, 6.45) is 0.